The second-order valence-corrected chi connectivity index (χ2v) is 7.23. The minimum absolute atomic E-state index is 0.0779. The molecule has 4 rings (SSSR count). The average molecular weight is 407 g/mol. The van der Waals surface area contributed by atoms with Crippen LogP contribution >= 0.6 is 0 Å². The van der Waals surface area contributed by atoms with Gasteiger partial charge in [0.05, 0.1) is 11.6 Å². The van der Waals surface area contributed by atoms with E-state index in [9.17, 15) is 23.1 Å². The van der Waals surface area contributed by atoms with E-state index in [1.54, 1.807) is 29.2 Å². The number of benzene rings is 2. The molecule has 2 aliphatic rings. The van der Waals surface area contributed by atoms with Crippen molar-refractivity contribution in [3.8, 4) is 11.5 Å². The Balaban J connectivity index is 1.82. The molecule has 0 radical (unpaired) electrons. The zero-order chi connectivity index (χ0) is 20.6. The number of likely N-dealkylation sites (tertiary alicyclic amines) is 1. The lowest BCUT2D eigenvalue weighted by atomic mass is 9.90. The Morgan fingerprint density at radius 1 is 1.07 bits per heavy atom. The van der Waals surface area contributed by atoms with Crippen molar-refractivity contribution >= 4 is 5.97 Å². The first-order valence-electron chi connectivity index (χ1n) is 9.40. The van der Waals surface area contributed by atoms with Gasteiger partial charge >= 0.3 is 12.1 Å². The highest BCUT2D eigenvalue weighted by Gasteiger charge is 2.37. The van der Waals surface area contributed by atoms with Crippen molar-refractivity contribution in [2.75, 3.05) is 13.3 Å². The Morgan fingerprint density at radius 3 is 2.59 bits per heavy atom. The number of ether oxygens (including phenoxy) is 2. The molecule has 1 fully saturated rings. The Labute approximate surface area is 165 Å². The lowest BCUT2D eigenvalue weighted by Gasteiger charge is -2.39. The topological polar surface area (TPSA) is 59.0 Å². The number of fused-ring (bicyclic) bond motifs is 1. The van der Waals surface area contributed by atoms with Crippen LogP contribution in [0, 0.1) is 0 Å². The molecule has 2 aromatic rings. The highest BCUT2D eigenvalue weighted by molar-refractivity contribution is 5.73. The Hall–Kier alpha value is -2.74. The van der Waals surface area contributed by atoms with Gasteiger partial charge in [0.2, 0.25) is 6.79 Å². The number of carboxylic acids is 1. The smallest absolute Gasteiger partial charge is 0.416 e. The van der Waals surface area contributed by atoms with Gasteiger partial charge in [-0.3, -0.25) is 9.69 Å². The van der Waals surface area contributed by atoms with E-state index >= 15 is 0 Å². The van der Waals surface area contributed by atoms with Crippen LogP contribution in [0.15, 0.2) is 42.5 Å². The standard InChI is InChI=1S/C21H20F3NO4/c22-21(23,24)15-5-3-4-13(10-15)19(25-9-2-1-6-16(25)20(26)27)14-7-8-17-18(11-14)29-12-28-17/h3-5,7-8,10-11,16,19H,1-2,6,9,12H2,(H,26,27). The van der Waals surface area contributed by atoms with E-state index in [4.69, 9.17) is 9.47 Å². The first-order chi connectivity index (χ1) is 13.8. The monoisotopic (exact) mass is 407 g/mol. The average Bonchev–Trinajstić information content (AvgIpc) is 3.16. The van der Waals surface area contributed by atoms with E-state index in [2.05, 4.69) is 0 Å². The normalized spacial score (nSPS) is 20.4. The van der Waals surface area contributed by atoms with Gasteiger partial charge in [-0.15, -0.1) is 0 Å². The van der Waals surface area contributed by atoms with E-state index < -0.39 is 29.8 Å². The summed E-state index contributed by atoms with van der Waals surface area (Å²) in [6, 6.07) is 8.86. The van der Waals surface area contributed by atoms with Gasteiger partial charge in [-0.2, -0.15) is 13.2 Å². The van der Waals surface area contributed by atoms with Crippen LogP contribution in [0.2, 0.25) is 0 Å². The number of halogens is 3. The van der Waals surface area contributed by atoms with Crippen molar-refractivity contribution < 1.29 is 32.5 Å². The largest absolute Gasteiger partial charge is 0.480 e. The van der Waals surface area contributed by atoms with Gasteiger partial charge < -0.3 is 14.6 Å². The van der Waals surface area contributed by atoms with E-state index in [1.807, 2.05) is 0 Å². The summed E-state index contributed by atoms with van der Waals surface area (Å²) in [4.78, 5) is 13.7. The van der Waals surface area contributed by atoms with Crippen LogP contribution in [0.1, 0.15) is 42.0 Å². The molecule has 0 amide bonds. The molecule has 5 nitrogen and oxygen atoms in total. The van der Waals surface area contributed by atoms with Crippen molar-refractivity contribution in [2.24, 2.45) is 0 Å². The summed E-state index contributed by atoms with van der Waals surface area (Å²) < 4.78 is 50.7. The number of aliphatic carboxylic acids is 1. The van der Waals surface area contributed by atoms with Crippen LogP contribution in [0.3, 0.4) is 0 Å². The first kappa shape index (κ1) is 19.6. The number of hydrogen-bond donors (Lipinski definition) is 1. The maximum atomic E-state index is 13.3. The van der Waals surface area contributed by atoms with Gasteiger partial charge in [-0.1, -0.05) is 24.6 Å². The lowest BCUT2D eigenvalue weighted by Crippen LogP contribution is -2.46. The molecule has 29 heavy (non-hydrogen) atoms. The van der Waals surface area contributed by atoms with Crippen molar-refractivity contribution in [2.45, 2.75) is 37.5 Å². The third-order valence-corrected chi connectivity index (χ3v) is 5.40. The Bertz CT molecular complexity index is 915. The molecular weight excluding hydrogens is 387 g/mol. The van der Waals surface area contributed by atoms with Crippen molar-refractivity contribution in [1.29, 1.82) is 0 Å². The van der Waals surface area contributed by atoms with Crippen molar-refractivity contribution in [3.05, 3.63) is 59.2 Å². The predicted molar refractivity (Wildman–Crippen MR) is 97.8 cm³/mol. The maximum Gasteiger partial charge on any atom is 0.416 e. The molecule has 2 unspecified atom stereocenters. The molecule has 0 aromatic heterocycles. The van der Waals surface area contributed by atoms with Crippen LogP contribution < -0.4 is 9.47 Å². The van der Waals surface area contributed by atoms with Gasteiger partial charge in [0.1, 0.15) is 6.04 Å². The highest BCUT2D eigenvalue weighted by atomic mass is 19.4. The highest BCUT2D eigenvalue weighted by Crippen LogP contribution is 2.41. The van der Waals surface area contributed by atoms with Gasteiger partial charge in [-0.25, -0.2) is 0 Å². The van der Waals surface area contributed by atoms with Crippen LogP contribution in [-0.4, -0.2) is 35.4 Å². The minimum atomic E-state index is -4.48. The van der Waals surface area contributed by atoms with Crippen LogP contribution in [0.25, 0.3) is 0 Å². The number of carbonyl (C=O) groups is 1. The second kappa shape index (κ2) is 7.59. The number of rotatable bonds is 4. The molecule has 0 spiro atoms. The first-order valence-corrected chi connectivity index (χ1v) is 9.40. The number of carboxylic acid groups (broad SMARTS) is 1. The second-order valence-electron chi connectivity index (χ2n) is 7.23. The molecule has 8 heteroatoms. The molecule has 2 heterocycles. The number of alkyl halides is 3. The van der Waals surface area contributed by atoms with Crippen molar-refractivity contribution in [1.82, 2.24) is 4.90 Å². The molecule has 0 saturated carbocycles. The molecule has 0 aliphatic carbocycles. The molecule has 154 valence electrons. The summed E-state index contributed by atoms with van der Waals surface area (Å²) in [5, 5.41) is 9.72. The zero-order valence-corrected chi connectivity index (χ0v) is 15.5. The predicted octanol–water partition coefficient (Wildman–Crippen LogP) is 4.46. The quantitative estimate of drug-likeness (QED) is 0.811. The molecule has 2 aromatic carbocycles. The van der Waals surface area contributed by atoms with E-state index in [-0.39, 0.29) is 6.79 Å². The molecule has 0 bridgehead atoms. The fraction of sp³-hybridized carbons (Fsp3) is 0.381. The number of nitrogens with zero attached hydrogens (tertiary/aromatic N) is 1. The van der Waals surface area contributed by atoms with Crippen LogP contribution in [0.5, 0.6) is 11.5 Å². The van der Waals surface area contributed by atoms with Gasteiger partial charge in [0.15, 0.2) is 11.5 Å². The van der Waals surface area contributed by atoms with Crippen LogP contribution in [-0.2, 0) is 11.0 Å². The third-order valence-electron chi connectivity index (χ3n) is 5.40. The molecule has 2 aliphatic heterocycles. The van der Waals surface area contributed by atoms with Gasteiger partial charge in [0.25, 0.3) is 0 Å². The van der Waals surface area contributed by atoms with Gasteiger partial charge in [-0.05, 0) is 54.8 Å². The lowest BCUT2D eigenvalue weighted by molar-refractivity contribution is -0.145. The van der Waals surface area contributed by atoms with Crippen molar-refractivity contribution in [3.63, 3.8) is 0 Å². The number of piperidine rings is 1. The summed E-state index contributed by atoms with van der Waals surface area (Å²) >= 11 is 0. The molecule has 2 atom stereocenters. The summed E-state index contributed by atoms with van der Waals surface area (Å²) in [6.07, 6.45) is -2.48. The Kier molecular flexibility index (Phi) is 5.12. The van der Waals surface area contributed by atoms with E-state index in [0.29, 0.717) is 35.6 Å². The zero-order valence-electron chi connectivity index (χ0n) is 15.5. The minimum Gasteiger partial charge on any atom is -0.480 e. The van der Waals surface area contributed by atoms with E-state index in [0.717, 1.165) is 25.0 Å². The molecule has 1 saturated heterocycles. The molecule has 1 N–H and O–H groups in total. The SMILES string of the molecule is O=C(O)C1CCCCN1C(c1cccc(C(F)(F)F)c1)c1ccc2c(c1)OCO2. The fourth-order valence-electron chi connectivity index (χ4n) is 4.07. The summed E-state index contributed by atoms with van der Waals surface area (Å²) in [5.41, 5.74) is 0.304. The summed E-state index contributed by atoms with van der Waals surface area (Å²) in [6.45, 7) is 0.556. The van der Waals surface area contributed by atoms with E-state index in [1.165, 1.54) is 6.07 Å². The number of hydrogen-bond acceptors (Lipinski definition) is 4. The molecular formula is C21H20F3NO4. The Morgan fingerprint density at radius 2 is 1.83 bits per heavy atom. The summed E-state index contributed by atoms with van der Waals surface area (Å²) in [5.74, 6) is 0.0933. The summed E-state index contributed by atoms with van der Waals surface area (Å²) in [7, 11) is 0. The fourth-order valence-corrected chi connectivity index (χ4v) is 4.07. The van der Waals surface area contributed by atoms with Crippen LogP contribution in [0.4, 0.5) is 13.2 Å². The van der Waals surface area contributed by atoms with Gasteiger partial charge in [0, 0.05) is 0 Å². The maximum absolute atomic E-state index is 13.3. The third kappa shape index (κ3) is 3.89.